The fraction of sp³-hybridized carbons (Fsp3) is 0.364. The van der Waals surface area contributed by atoms with E-state index in [1.807, 2.05) is 19.1 Å². The van der Waals surface area contributed by atoms with Crippen molar-refractivity contribution in [2.45, 2.75) is 19.8 Å². The number of carbonyl (C=O) groups is 1. The minimum Gasteiger partial charge on any atom is -0.272 e. The highest BCUT2D eigenvalue weighted by Gasteiger charge is 2.23. The maximum absolute atomic E-state index is 11.5. The van der Waals surface area contributed by atoms with Crippen LogP contribution in [0.15, 0.2) is 18.2 Å². The number of rotatable bonds is 1. The lowest BCUT2D eigenvalue weighted by Gasteiger charge is -2.26. The van der Waals surface area contributed by atoms with Gasteiger partial charge in [0.2, 0.25) is 0 Å². The molecule has 3 nitrogen and oxygen atoms in total. The van der Waals surface area contributed by atoms with Crippen LogP contribution in [-0.2, 0) is 16.1 Å². The smallest absolute Gasteiger partial charge is 0.251 e. The quantitative estimate of drug-likeness (QED) is 0.677. The van der Waals surface area contributed by atoms with Crippen molar-refractivity contribution in [3.8, 4) is 0 Å². The molecule has 1 aromatic rings. The number of benzene rings is 1. The molecule has 0 saturated heterocycles. The third kappa shape index (κ3) is 1.40. The minimum atomic E-state index is 0.0313. The first-order chi connectivity index (χ1) is 6.72. The zero-order valence-electron chi connectivity index (χ0n) is 8.41. The second-order valence-corrected chi connectivity index (χ2v) is 3.50. The van der Waals surface area contributed by atoms with Crippen molar-refractivity contribution in [3.05, 3.63) is 29.3 Å². The fourth-order valence-corrected chi connectivity index (χ4v) is 1.79. The van der Waals surface area contributed by atoms with Crippen LogP contribution in [0.25, 0.3) is 0 Å². The number of amides is 1. The van der Waals surface area contributed by atoms with Gasteiger partial charge in [0.25, 0.3) is 5.91 Å². The lowest BCUT2D eigenvalue weighted by Crippen LogP contribution is -2.33. The first-order valence-corrected chi connectivity index (χ1v) is 4.69. The maximum atomic E-state index is 11.5. The summed E-state index contributed by atoms with van der Waals surface area (Å²) in [5.41, 5.74) is 3.29. The van der Waals surface area contributed by atoms with Gasteiger partial charge in [0.15, 0.2) is 0 Å². The number of fused-ring (bicyclic) bond motifs is 1. The van der Waals surface area contributed by atoms with Crippen molar-refractivity contribution in [2.24, 2.45) is 0 Å². The van der Waals surface area contributed by atoms with Crippen LogP contribution >= 0.6 is 0 Å². The van der Waals surface area contributed by atoms with Crippen LogP contribution in [0.2, 0.25) is 0 Å². The van der Waals surface area contributed by atoms with Gasteiger partial charge in [0, 0.05) is 6.42 Å². The van der Waals surface area contributed by atoms with Crippen LogP contribution in [0.3, 0.4) is 0 Å². The second kappa shape index (κ2) is 3.42. The van der Waals surface area contributed by atoms with Gasteiger partial charge in [-0.15, -0.1) is 0 Å². The van der Waals surface area contributed by atoms with Crippen LogP contribution in [0, 0.1) is 6.92 Å². The monoisotopic (exact) mass is 191 g/mol. The molecule has 1 amide bonds. The molecular formula is C11H13NO2. The number of nitrogens with zero attached hydrogens (tertiary/aromatic N) is 1. The molecule has 1 heterocycles. The highest BCUT2D eigenvalue weighted by Crippen LogP contribution is 2.28. The number of hydrogen-bond donors (Lipinski definition) is 0. The molecule has 0 saturated carbocycles. The molecule has 0 unspecified atom stereocenters. The summed E-state index contributed by atoms with van der Waals surface area (Å²) in [5, 5.41) is 1.37. The van der Waals surface area contributed by atoms with Gasteiger partial charge < -0.3 is 0 Å². The SMILES string of the molecule is CON1C(=O)CCc2cc(C)ccc21. The Morgan fingerprint density at radius 1 is 1.36 bits per heavy atom. The summed E-state index contributed by atoms with van der Waals surface area (Å²) in [6, 6.07) is 6.03. The molecule has 0 atom stereocenters. The average Bonchev–Trinajstić information content (AvgIpc) is 2.18. The summed E-state index contributed by atoms with van der Waals surface area (Å²) in [6.07, 6.45) is 1.35. The molecule has 2 rings (SSSR count). The van der Waals surface area contributed by atoms with Crippen molar-refractivity contribution >= 4 is 11.6 Å². The van der Waals surface area contributed by atoms with Crippen LogP contribution in [0.4, 0.5) is 5.69 Å². The van der Waals surface area contributed by atoms with Gasteiger partial charge in [-0.1, -0.05) is 17.7 Å². The summed E-state index contributed by atoms with van der Waals surface area (Å²) in [6.45, 7) is 2.05. The zero-order chi connectivity index (χ0) is 10.1. The summed E-state index contributed by atoms with van der Waals surface area (Å²) in [5.74, 6) is 0.0313. The Morgan fingerprint density at radius 3 is 2.86 bits per heavy atom. The van der Waals surface area contributed by atoms with E-state index in [2.05, 4.69) is 6.07 Å². The summed E-state index contributed by atoms with van der Waals surface area (Å²) < 4.78 is 0. The molecule has 0 aliphatic carbocycles. The Labute approximate surface area is 83.2 Å². The van der Waals surface area contributed by atoms with E-state index in [4.69, 9.17) is 4.84 Å². The average molecular weight is 191 g/mol. The first kappa shape index (κ1) is 9.21. The van der Waals surface area contributed by atoms with Crippen molar-refractivity contribution in [1.29, 1.82) is 0 Å². The van der Waals surface area contributed by atoms with Crippen LogP contribution in [0.1, 0.15) is 17.5 Å². The first-order valence-electron chi connectivity index (χ1n) is 4.69. The highest BCUT2D eigenvalue weighted by molar-refractivity contribution is 5.94. The molecule has 3 heteroatoms. The van der Waals surface area contributed by atoms with E-state index in [9.17, 15) is 4.79 Å². The number of hydrogen-bond acceptors (Lipinski definition) is 2. The van der Waals surface area contributed by atoms with E-state index in [1.165, 1.54) is 23.3 Å². The third-order valence-electron chi connectivity index (χ3n) is 2.47. The predicted octanol–water partition coefficient (Wildman–Crippen LogP) is 1.84. The van der Waals surface area contributed by atoms with E-state index in [0.29, 0.717) is 6.42 Å². The van der Waals surface area contributed by atoms with E-state index in [0.717, 1.165) is 12.1 Å². The van der Waals surface area contributed by atoms with E-state index >= 15 is 0 Å². The third-order valence-corrected chi connectivity index (χ3v) is 2.47. The standard InChI is InChI=1S/C11H13NO2/c1-8-3-5-10-9(7-8)4-6-11(13)12(10)14-2/h3,5,7H,4,6H2,1-2H3. The second-order valence-electron chi connectivity index (χ2n) is 3.50. The largest absolute Gasteiger partial charge is 0.272 e. The number of aryl methyl sites for hydroxylation is 2. The lowest BCUT2D eigenvalue weighted by molar-refractivity contribution is -0.125. The van der Waals surface area contributed by atoms with E-state index in [-0.39, 0.29) is 5.91 Å². The van der Waals surface area contributed by atoms with Crippen molar-refractivity contribution in [3.63, 3.8) is 0 Å². The normalized spacial score (nSPS) is 15.6. The Morgan fingerprint density at radius 2 is 2.14 bits per heavy atom. The van der Waals surface area contributed by atoms with Crippen molar-refractivity contribution in [2.75, 3.05) is 12.2 Å². The van der Waals surface area contributed by atoms with Gasteiger partial charge >= 0.3 is 0 Å². The van der Waals surface area contributed by atoms with E-state index < -0.39 is 0 Å². The lowest BCUT2D eigenvalue weighted by atomic mass is 10.0. The molecule has 1 aromatic carbocycles. The number of anilines is 1. The Balaban J connectivity index is 2.47. The highest BCUT2D eigenvalue weighted by atomic mass is 16.7. The molecule has 14 heavy (non-hydrogen) atoms. The zero-order valence-corrected chi connectivity index (χ0v) is 8.41. The fourth-order valence-electron chi connectivity index (χ4n) is 1.79. The van der Waals surface area contributed by atoms with Gasteiger partial charge in [0.05, 0.1) is 12.8 Å². The van der Waals surface area contributed by atoms with Crippen molar-refractivity contribution in [1.82, 2.24) is 0 Å². The van der Waals surface area contributed by atoms with Gasteiger partial charge in [-0.25, -0.2) is 0 Å². The molecule has 1 aliphatic rings. The number of hydroxylamine groups is 1. The van der Waals surface area contributed by atoms with Crippen molar-refractivity contribution < 1.29 is 9.63 Å². The maximum Gasteiger partial charge on any atom is 0.251 e. The summed E-state index contributed by atoms with van der Waals surface area (Å²) >= 11 is 0. The predicted molar refractivity (Wildman–Crippen MR) is 54.0 cm³/mol. The van der Waals surface area contributed by atoms with Gasteiger partial charge in [-0.05, 0) is 25.0 Å². The van der Waals surface area contributed by atoms with Gasteiger partial charge in [-0.2, -0.15) is 5.06 Å². The number of carbonyl (C=O) groups excluding carboxylic acids is 1. The van der Waals surface area contributed by atoms with Crippen LogP contribution in [0.5, 0.6) is 0 Å². The molecule has 1 aliphatic heterocycles. The molecule has 0 N–H and O–H groups in total. The summed E-state index contributed by atoms with van der Waals surface area (Å²) in [4.78, 5) is 16.5. The molecule has 0 fully saturated rings. The minimum absolute atomic E-state index is 0.0313. The Hall–Kier alpha value is -1.35. The summed E-state index contributed by atoms with van der Waals surface area (Å²) in [7, 11) is 1.52. The topological polar surface area (TPSA) is 29.5 Å². The molecular weight excluding hydrogens is 178 g/mol. The van der Waals surface area contributed by atoms with Gasteiger partial charge in [0.1, 0.15) is 0 Å². The Kier molecular flexibility index (Phi) is 2.25. The molecule has 0 radical (unpaired) electrons. The van der Waals surface area contributed by atoms with Crippen LogP contribution in [-0.4, -0.2) is 13.0 Å². The molecule has 74 valence electrons. The van der Waals surface area contributed by atoms with E-state index in [1.54, 1.807) is 0 Å². The molecule has 0 spiro atoms. The van der Waals surface area contributed by atoms with Crippen LogP contribution < -0.4 is 5.06 Å². The molecule has 0 aromatic heterocycles. The Bertz CT molecular complexity index is 374. The molecule has 0 bridgehead atoms. The van der Waals surface area contributed by atoms with Gasteiger partial charge in [-0.3, -0.25) is 9.63 Å².